The van der Waals surface area contributed by atoms with Crippen LogP contribution >= 0.6 is 0 Å². The lowest BCUT2D eigenvalue weighted by atomic mass is 9.82. The minimum Gasteiger partial charge on any atom is -0.339 e. The van der Waals surface area contributed by atoms with Crippen LogP contribution in [0.5, 0.6) is 0 Å². The molecule has 0 spiro atoms. The van der Waals surface area contributed by atoms with Crippen LogP contribution in [0.2, 0.25) is 0 Å². The average Bonchev–Trinajstić information content (AvgIpc) is 2.87. The Bertz CT molecular complexity index is 867. The zero-order valence-corrected chi connectivity index (χ0v) is 21.4. The summed E-state index contributed by atoms with van der Waals surface area (Å²) in [6, 6.07) is 7.83. The number of carbonyl (C=O) groups excluding carboxylic acids is 2. The third-order valence-electron chi connectivity index (χ3n) is 7.22. The number of nitrogens with zero attached hydrogens (tertiary/aromatic N) is 4. The van der Waals surface area contributed by atoms with Crippen molar-refractivity contribution in [2.75, 3.05) is 26.2 Å². The second-order valence-electron chi connectivity index (χ2n) is 9.42. The van der Waals surface area contributed by atoms with E-state index in [9.17, 15) is 9.59 Å². The van der Waals surface area contributed by atoms with E-state index in [0.717, 1.165) is 50.4 Å². The first-order chi connectivity index (χ1) is 16.5. The molecular weight excluding hydrogens is 424 g/mol. The van der Waals surface area contributed by atoms with E-state index in [1.165, 1.54) is 25.7 Å². The first-order valence-electron chi connectivity index (χ1n) is 13.1. The van der Waals surface area contributed by atoms with Gasteiger partial charge in [-0.1, -0.05) is 0 Å². The summed E-state index contributed by atoms with van der Waals surface area (Å²) in [5.74, 6) is 1.50. The molecule has 1 saturated carbocycles. The van der Waals surface area contributed by atoms with Gasteiger partial charge in [-0.2, -0.15) is 0 Å². The maximum atomic E-state index is 12.7. The molecule has 184 valence electrons. The van der Waals surface area contributed by atoms with Crippen LogP contribution in [0.1, 0.15) is 74.1 Å². The maximum Gasteiger partial charge on any atom is 0.259 e. The quantitative estimate of drug-likeness (QED) is 0.501. The Balaban J connectivity index is 1.54. The summed E-state index contributed by atoms with van der Waals surface area (Å²) in [5, 5.41) is 0. The normalized spacial score (nSPS) is 17.9. The van der Waals surface area contributed by atoms with E-state index in [1.807, 2.05) is 74.2 Å². The van der Waals surface area contributed by atoms with E-state index in [-0.39, 0.29) is 11.8 Å². The molecule has 2 heterocycles. The van der Waals surface area contributed by atoms with E-state index >= 15 is 0 Å². The minimum absolute atomic E-state index is 0.113. The fourth-order valence-electron chi connectivity index (χ4n) is 5.10. The van der Waals surface area contributed by atoms with Crippen molar-refractivity contribution in [2.45, 2.75) is 66.5 Å². The van der Waals surface area contributed by atoms with Gasteiger partial charge < -0.3 is 9.80 Å². The molecule has 6 nitrogen and oxygen atoms in total. The molecule has 0 unspecified atom stereocenters. The average molecular weight is 467 g/mol. The summed E-state index contributed by atoms with van der Waals surface area (Å²) in [4.78, 5) is 29.1. The van der Waals surface area contributed by atoms with Gasteiger partial charge in [0.05, 0.1) is 0 Å². The number of hydrogen-bond donors (Lipinski definition) is 0. The smallest absolute Gasteiger partial charge is 0.259 e. The fraction of sp³-hybridized carbons (Fsp3) is 0.571. The SMILES string of the molecule is CCN(CC)C(=O)c1ccc[n+](CC2CCC(C[n+]3cccc(C(=O)N(CC)CC)c3)CC2)c1. The van der Waals surface area contributed by atoms with E-state index in [2.05, 4.69) is 21.5 Å². The molecule has 2 aromatic rings. The lowest BCUT2D eigenvalue weighted by molar-refractivity contribution is -0.707. The van der Waals surface area contributed by atoms with Crippen LogP contribution in [0.15, 0.2) is 49.1 Å². The number of rotatable bonds is 10. The molecular formula is C28H42N4O2+2. The Hall–Kier alpha value is -2.76. The maximum absolute atomic E-state index is 12.7. The highest BCUT2D eigenvalue weighted by atomic mass is 16.2. The molecule has 0 radical (unpaired) electrons. The zero-order chi connectivity index (χ0) is 24.5. The molecule has 0 aromatic carbocycles. The second kappa shape index (κ2) is 12.6. The molecule has 1 aliphatic carbocycles. The number of hydrogen-bond acceptors (Lipinski definition) is 2. The summed E-state index contributed by atoms with van der Waals surface area (Å²) >= 11 is 0. The van der Waals surface area contributed by atoms with Gasteiger partial charge in [0.15, 0.2) is 37.9 Å². The minimum atomic E-state index is 0.113. The van der Waals surface area contributed by atoms with Crippen LogP contribution in [-0.2, 0) is 13.1 Å². The van der Waals surface area contributed by atoms with Crippen LogP contribution in [0.3, 0.4) is 0 Å². The highest BCUT2D eigenvalue weighted by Gasteiger charge is 2.27. The molecule has 1 fully saturated rings. The first kappa shape index (κ1) is 25.9. The summed E-state index contributed by atoms with van der Waals surface area (Å²) in [5.41, 5.74) is 1.55. The van der Waals surface area contributed by atoms with Gasteiger partial charge >= 0.3 is 0 Å². The number of aromatic nitrogens is 2. The first-order valence-corrected chi connectivity index (χ1v) is 13.1. The van der Waals surface area contributed by atoms with Crippen LogP contribution < -0.4 is 9.13 Å². The lowest BCUT2D eigenvalue weighted by Gasteiger charge is -2.25. The lowest BCUT2D eigenvalue weighted by Crippen LogP contribution is -2.42. The van der Waals surface area contributed by atoms with Crippen molar-refractivity contribution in [2.24, 2.45) is 11.8 Å². The van der Waals surface area contributed by atoms with Crippen LogP contribution in [0, 0.1) is 11.8 Å². The van der Waals surface area contributed by atoms with Crippen molar-refractivity contribution in [3.8, 4) is 0 Å². The predicted octanol–water partition coefficient (Wildman–Crippen LogP) is 3.73. The molecule has 2 amide bonds. The predicted molar refractivity (Wildman–Crippen MR) is 133 cm³/mol. The van der Waals surface area contributed by atoms with Gasteiger partial charge in [-0.05, 0) is 65.5 Å². The zero-order valence-electron chi connectivity index (χ0n) is 21.4. The van der Waals surface area contributed by atoms with Crippen molar-refractivity contribution in [3.63, 3.8) is 0 Å². The van der Waals surface area contributed by atoms with Gasteiger partial charge in [0.2, 0.25) is 0 Å². The van der Waals surface area contributed by atoms with Gasteiger partial charge in [-0.25, -0.2) is 9.13 Å². The Morgan fingerprint density at radius 3 is 1.38 bits per heavy atom. The van der Waals surface area contributed by atoms with Gasteiger partial charge in [-0.15, -0.1) is 0 Å². The second-order valence-corrected chi connectivity index (χ2v) is 9.42. The molecule has 0 N–H and O–H groups in total. The molecule has 2 aromatic heterocycles. The van der Waals surface area contributed by atoms with Gasteiger partial charge in [0.1, 0.15) is 11.1 Å². The monoisotopic (exact) mass is 466 g/mol. The number of carbonyl (C=O) groups is 2. The summed E-state index contributed by atoms with van der Waals surface area (Å²) in [6.45, 7) is 13.0. The molecule has 0 saturated heterocycles. The molecule has 1 aliphatic rings. The van der Waals surface area contributed by atoms with Gasteiger partial charge in [-0.3, -0.25) is 9.59 Å². The third-order valence-corrected chi connectivity index (χ3v) is 7.22. The van der Waals surface area contributed by atoms with Crippen LogP contribution in [-0.4, -0.2) is 47.8 Å². The van der Waals surface area contributed by atoms with E-state index in [4.69, 9.17) is 0 Å². The largest absolute Gasteiger partial charge is 0.339 e. The highest BCUT2D eigenvalue weighted by molar-refractivity contribution is 5.94. The Labute approximate surface area is 205 Å². The Morgan fingerprint density at radius 2 is 1.06 bits per heavy atom. The molecule has 0 aliphatic heterocycles. The third kappa shape index (κ3) is 6.64. The summed E-state index contributed by atoms with van der Waals surface area (Å²) in [6.07, 6.45) is 13.0. The van der Waals surface area contributed by atoms with Crippen molar-refractivity contribution in [3.05, 3.63) is 60.2 Å². The van der Waals surface area contributed by atoms with E-state index < -0.39 is 0 Å². The standard InChI is InChI=1S/C28H42N4O2/c1-5-31(6-2)27(33)25-11-9-17-29(21-25)19-23-13-15-24(16-14-23)20-30-18-10-12-26(22-30)28(34)32(7-3)8-4/h9-12,17-18,21-24H,5-8,13-16,19-20H2,1-4H3/q+2. The van der Waals surface area contributed by atoms with Crippen molar-refractivity contribution in [1.29, 1.82) is 0 Å². The van der Waals surface area contributed by atoms with Crippen molar-refractivity contribution < 1.29 is 18.7 Å². The molecule has 0 bridgehead atoms. The van der Waals surface area contributed by atoms with E-state index in [1.54, 1.807) is 0 Å². The van der Waals surface area contributed by atoms with Gasteiger partial charge in [0.25, 0.3) is 11.8 Å². The molecule has 34 heavy (non-hydrogen) atoms. The van der Waals surface area contributed by atoms with Crippen LogP contribution in [0.25, 0.3) is 0 Å². The Kier molecular flexibility index (Phi) is 9.61. The topological polar surface area (TPSA) is 48.4 Å². The number of amides is 2. The highest BCUT2D eigenvalue weighted by Crippen LogP contribution is 2.29. The molecule has 6 heteroatoms. The fourth-order valence-corrected chi connectivity index (χ4v) is 5.10. The van der Waals surface area contributed by atoms with E-state index in [0.29, 0.717) is 11.8 Å². The Morgan fingerprint density at radius 1 is 0.706 bits per heavy atom. The molecule has 3 rings (SSSR count). The van der Waals surface area contributed by atoms with Crippen molar-refractivity contribution >= 4 is 11.8 Å². The van der Waals surface area contributed by atoms with Crippen molar-refractivity contribution in [1.82, 2.24) is 9.80 Å². The summed E-state index contributed by atoms with van der Waals surface area (Å²) in [7, 11) is 0. The molecule has 0 atom stereocenters. The van der Waals surface area contributed by atoms with Crippen LogP contribution in [0.4, 0.5) is 0 Å². The number of pyridine rings is 2. The summed E-state index contributed by atoms with van der Waals surface area (Å²) < 4.78 is 4.39. The van der Waals surface area contributed by atoms with Gasteiger partial charge in [0, 0.05) is 50.1 Å².